The molecular formula is C15H17N3O3. The fourth-order valence-electron chi connectivity index (χ4n) is 1.83. The van der Waals surface area contributed by atoms with E-state index in [0.29, 0.717) is 6.61 Å². The van der Waals surface area contributed by atoms with Gasteiger partial charge < -0.3 is 10.1 Å². The van der Waals surface area contributed by atoms with E-state index in [9.17, 15) is 9.59 Å². The topological polar surface area (TPSA) is 73.2 Å². The zero-order chi connectivity index (χ0) is 15.2. The lowest BCUT2D eigenvalue weighted by atomic mass is 10.3. The Balaban J connectivity index is 2.02. The molecule has 1 aromatic heterocycles. The Hall–Kier alpha value is -2.63. The minimum atomic E-state index is -0.484. The maximum atomic E-state index is 12.0. The van der Waals surface area contributed by atoms with Crippen LogP contribution in [-0.2, 0) is 16.1 Å². The molecule has 6 heteroatoms. The van der Waals surface area contributed by atoms with E-state index in [-0.39, 0.29) is 18.1 Å². The molecule has 6 nitrogen and oxygen atoms in total. The van der Waals surface area contributed by atoms with Gasteiger partial charge in [-0.25, -0.2) is 4.79 Å². The number of esters is 1. The molecule has 1 aromatic carbocycles. The summed E-state index contributed by atoms with van der Waals surface area (Å²) in [6, 6.07) is 10.8. The van der Waals surface area contributed by atoms with E-state index in [0.717, 1.165) is 11.4 Å². The molecule has 0 saturated carbocycles. The molecule has 2 rings (SSSR count). The summed E-state index contributed by atoms with van der Waals surface area (Å²) in [6.07, 6.45) is 0. The van der Waals surface area contributed by atoms with Crippen molar-refractivity contribution in [1.29, 1.82) is 0 Å². The molecule has 0 aliphatic carbocycles. The third-order valence-corrected chi connectivity index (χ3v) is 2.82. The molecule has 0 saturated heterocycles. The molecule has 110 valence electrons. The van der Waals surface area contributed by atoms with Crippen LogP contribution in [0.3, 0.4) is 0 Å². The van der Waals surface area contributed by atoms with Gasteiger partial charge in [0.2, 0.25) is 5.91 Å². The van der Waals surface area contributed by atoms with Crippen molar-refractivity contribution in [1.82, 2.24) is 9.78 Å². The first-order valence-corrected chi connectivity index (χ1v) is 6.66. The predicted octanol–water partition coefficient (Wildman–Crippen LogP) is 2.01. The zero-order valence-electron chi connectivity index (χ0n) is 12.0. The van der Waals surface area contributed by atoms with Gasteiger partial charge in [0.15, 0.2) is 5.69 Å². The highest BCUT2D eigenvalue weighted by atomic mass is 16.5. The molecule has 0 atom stereocenters. The van der Waals surface area contributed by atoms with Crippen molar-refractivity contribution in [3.63, 3.8) is 0 Å². The van der Waals surface area contributed by atoms with E-state index >= 15 is 0 Å². The number of aromatic nitrogens is 2. The average Bonchev–Trinajstić information content (AvgIpc) is 2.81. The fraction of sp³-hybridized carbons (Fsp3) is 0.267. The Bertz CT molecular complexity index is 635. The van der Waals surface area contributed by atoms with Gasteiger partial charge in [0.25, 0.3) is 0 Å². The van der Waals surface area contributed by atoms with E-state index in [2.05, 4.69) is 10.4 Å². The first kappa shape index (κ1) is 14.8. The summed E-state index contributed by atoms with van der Waals surface area (Å²) in [5.74, 6) is -0.689. The number of aryl methyl sites for hydroxylation is 1. The maximum absolute atomic E-state index is 12.0. The maximum Gasteiger partial charge on any atom is 0.358 e. The summed E-state index contributed by atoms with van der Waals surface area (Å²) in [4.78, 5) is 23.5. The Morgan fingerprint density at radius 3 is 2.67 bits per heavy atom. The number of nitrogens with zero attached hydrogens (tertiary/aromatic N) is 2. The average molecular weight is 287 g/mol. The molecule has 1 amide bonds. The Labute approximate surface area is 122 Å². The minimum absolute atomic E-state index is 0.0418. The lowest BCUT2D eigenvalue weighted by Gasteiger charge is -2.06. The van der Waals surface area contributed by atoms with Crippen LogP contribution in [0.1, 0.15) is 23.1 Å². The molecule has 1 heterocycles. The van der Waals surface area contributed by atoms with Crippen molar-refractivity contribution >= 4 is 17.6 Å². The van der Waals surface area contributed by atoms with Crippen molar-refractivity contribution in [2.45, 2.75) is 20.4 Å². The molecular weight excluding hydrogens is 270 g/mol. The van der Waals surface area contributed by atoms with Gasteiger partial charge >= 0.3 is 5.97 Å². The van der Waals surface area contributed by atoms with E-state index in [1.165, 1.54) is 4.68 Å². The number of para-hydroxylation sites is 1. The van der Waals surface area contributed by atoms with Crippen LogP contribution in [-0.4, -0.2) is 28.3 Å². The molecule has 0 spiro atoms. The van der Waals surface area contributed by atoms with Gasteiger partial charge in [-0.15, -0.1) is 0 Å². The van der Waals surface area contributed by atoms with Gasteiger partial charge in [-0.1, -0.05) is 18.2 Å². The van der Waals surface area contributed by atoms with Crippen molar-refractivity contribution in [2.75, 3.05) is 11.9 Å². The molecule has 21 heavy (non-hydrogen) atoms. The number of anilines is 1. The van der Waals surface area contributed by atoms with Gasteiger partial charge in [-0.2, -0.15) is 5.10 Å². The molecule has 2 aromatic rings. The second-order valence-electron chi connectivity index (χ2n) is 4.46. The summed E-state index contributed by atoms with van der Waals surface area (Å²) < 4.78 is 6.36. The van der Waals surface area contributed by atoms with E-state index in [1.54, 1.807) is 32.0 Å². The summed E-state index contributed by atoms with van der Waals surface area (Å²) in [6.45, 7) is 3.85. The standard InChI is InChI=1S/C15H17N3O3/c1-3-21-15(20)13-9-11(2)18(17-13)10-14(19)16-12-7-5-4-6-8-12/h4-9H,3,10H2,1-2H3,(H,16,19). The number of benzene rings is 1. The lowest BCUT2D eigenvalue weighted by Crippen LogP contribution is -2.20. The number of hydrogen-bond acceptors (Lipinski definition) is 4. The highest BCUT2D eigenvalue weighted by molar-refractivity contribution is 5.91. The quantitative estimate of drug-likeness (QED) is 0.854. The molecule has 0 aliphatic rings. The molecule has 0 radical (unpaired) electrons. The Kier molecular flexibility index (Phi) is 4.71. The van der Waals surface area contributed by atoms with Crippen LogP contribution in [0.5, 0.6) is 0 Å². The number of carbonyl (C=O) groups excluding carboxylic acids is 2. The molecule has 0 bridgehead atoms. The number of carbonyl (C=O) groups is 2. The van der Waals surface area contributed by atoms with Gasteiger partial charge in [0, 0.05) is 11.4 Å². The second kappa shape index (κ2) is 6.69. The molecule has 1 N–H and O–H groups in total. The predicted molar refractivity (Wildman–Crippen MR) is 78.0 cm³/mol. The monoisotopic (exact) mass is 287 g/mol. The third kappa shape index (κ3) is 3.92. The molecule has 0 unspecified atom stereocenters. The van der Waals surface area contributed by atoms with Crippen molar-refractivity contribution in [3.8, 4) is 0 Å². The summed E-state index contributed by atoms with van der Waals surface area (Å²) >= 11 is 0. The van der Waals surface area contributed by atoms with E-state index in [4.69, 9.17) is 4.74 Å². The highest BCUT2D eigenvalue weighted by Gasteiger charge is 2.14. The normalized spacial score (nSPS) is 10.2. The minimum Gasteiger partial charge on any atom is -0.461 e. The molecule has 0 fully saturated rings. The van der Waals surface area contributed by atoms with Gasteiger partial charge in [0.05, 0.1) is 6.61 Å². The van der Waals surface area contributed by atoms with Gasteiger partial charge in [-0.05, 0) is 32.0 Å². The summed E-state index contributed by atoms with van der Waals surface area (Å²) in [5.41, 5.74) is 1.65. The third-order valence-electron chi connectivity index (χ3n) is 2.82. The number of amides is 1. The van der Waals surface area contributed by atoms with Crippen LogP contribution >= 0.6 is 0 Å². The first-order chi connectivity index (χ1) is 10.1. The van der Waals surface area contributed by atoms with Crippen LogP contribution in [0.15, 0.2) is 36.4 Å². The fourth-order valence-corrected chi connectivity index (χ4v) is 1.83. The summed E-state index contributed by atoms with van der Waals surface area (Å²) in [7, 11) is 0. The van der Waals surface area contributed by atoms with Crippen LogP contribution in [0.2, 0.25) is 0 Å². The lowest BCUT2D eigenvalue weighted by molar-refractivity contribution is -0.116. The number of nitrogens with one attached hydrogen (secondary N) is 1. The van der Waals surface area contributed by atoms with E-state index < -0.39 is 5.97 Å². The van der Waals surface area contributed by atoms with Crippen LogP contribution < -0.4 is 5.32 Å². The SMILES string of the molecule is CCOC(=O)c1cc(C)n(CC(=O)Nc2ccccc2)n1. The number of hydrogen-bond donors (Lipinski definition) is 1. The zero-order valence-corrected chi connectivity index (χ0v) is 12.0. The van der Waals surface area contributed by atoms with Crippen LogP contribution in [0.25, 0.3) is 0 Å². The number of ether oxygens (including phenoxy) is 1. The smallest absolute Gasteiger partial charge is 0.358 e. The second-order valence-corrected chi connectivity index (χ2v) is 4.46. The molecule has 0 aliphatic heterocycles. The van der Waals surface area contributed by atoms with Crippen LogP contribution in [0.4, 0.5) is 5.69 Å². The first-order valence-electron chi connectivity index (χ1n) is 6.66. The highest BCUT2D eigenvalue weighted by Crippen LogP contribution is 2.08. The van der Waals surface area contributed by atoms with Crippen molar-refractivity contribution in [2.24, 2.45) is 0 Å². The van der Waals surface area contributed by atoms with E-state index in [1.807, 2.05) is 18.2 Å². The van der Waals surface area contributed by atoms with Crippen molar-refractivity contribution in [3.05, 3.63) is 47.8 Å². The van der Waals surface area contributed by atoms with Crippen LogP contribution in [0, 0.1) is 6.92 Å². The van der Waals surface area contributed by atoms with Gasteiger partial charge in [-0.3, -0.25) is 9.48 Å². The summed E-state index contributed by atoms with van der Waals surface area (Å²) in [5, 5.41) is 6.86. The largest absolute Gasteiger partial charge is 0.461 e. The Morgan fingerprint density at radius 1 is 1.29 bits per heavy atom. The number of rotatable bonds is 5. The Morgan fingerprint density at radius 2 is 2.00 bits per heavy atom. The van der Waals surface area contributed by atoms with Gasteiger partial charge in [0.1, 0.15) is 6.54 Å². The van der Waals surface area contributed by atoms with Crippen molar-refractivity contribution < 1.29 is 14.3 Å².